The maximum atomic E-state index is 13.1. The monoisotopic (exact) mass is 233 g/mol. The summed E-state index contributed by atoms with van der Waals surface area (Å²) in [5.41, 5.74) is -0.457. The third-order valence-electron chi connectivity index (χ3n) is 2.07. The van der Waals surface area contributed by atoms with Crippen molar-refractivity contribution < 1.29 is 22.7 Å². The second kappa shape index (κ2) is 4.96. The number of alkyl halides is 2. The van der Waals surface area contributed by atoms with Crippen LogP contribution in [-0.4, -0.2) is 18.1 Å². The zero-order valence-corrected chi connectivity index (χ0v) is 8.76. The minimum atomic E-state index is -2.97. The Labute approximate surface area is 90.2 Å². The second-order valence-corrected chi connectivity index (χ2v) is 3.15. The summed E-state index contributed by atoms with van der Waals surface area (Å²) in [5, 5.41) is 0. The molecule has 0 amide bonds. The van der Waals surface area contributed by atoms with Crippen LogP contribution in [-0.2, 0) is 16.0 Å². The summed E-state index contributed by atoms with van der Waals surface area (Å²) in [6.07, 6.45) is -3.15. The molecule has 88 valence electrons. The van der Waals surface area contributed by atoms with Crippen LogP contribution in [0.1, 0.15) is 23.4 Å². The summed E-state index contributed by atoms with van der Waals surface area (Å²) >= 11 is 0. The largest absolute Gasteiger partial charge is 0.469 e. The molecule has 0 radical (unpaired) electrons. The number of hydrogen-bond donors (Lipinski definition) is 0. The predicted octanol–water partition coefficient (Wildman–Crippen LogP) is 2.18. The number of ether oxygens (including phenoxy) is 1. The molecule has 0 spiro atoms. The Morgan fingerprint density at radius 1 is 1.56 bits per heavy atom. The third kappa shape index (κ3) is 2.71. The van der Waals surface area contributed by atoms with E-state index in [-0.39, 0.29) is 17.7 Å². The fraction of sp³-hybridized carbons (Fsp3) is 0.400. The Bertz CT molecular complexity index is 407. The Hall–Kier alpha value is -1.59. The zero-order chi connectivity index (χ0) is 12.3. The highest BCUT2D eigenvalue weighted by Crippen LogP contribution is 2.22. The summed E-state index contributed by atoms with van der Waals surface area (Å²) < 4.78 is 42.1. The number of nitrogens with zero attached hydrogens (tertiary/aromatic N) is 1. The van der Waals surface area contributed by atoms with Gasteiger partial charge in [0.05, 0.1) is 13.5 Å². The van der Waals surface area contributed by atoms with Gasteiger partial charge < -0.3 is 4.74 Å². The van der Waals surface area contributed by atoms with Crippen LogP contribution in [0.25, 0.3) is 0 Å². The van der Waals surface area contributed by atoms with Gasteiger partial charge in [-0.25, -0.2) is 18.2 Å². The molecule has 1 rings (SSSR count). The first kappa shape index (κ1) is 12.5. The van der Waals surface area contributed by atoms with Crippen LogP contribution in [0.15, 0.2) is 6.07 Å². The molecule has 0 aliphatic rings. The SMILES string of the molecule is COC(=O)Cc1cc(F)c(C(F)F)nc1C. The van der Waals surface area contributed by atoms with Gasteiger partial charge in [-0.05, 0) is 18.6 Å². The number of carbonyl (C=O) groups is 1. The lowest BCUT2D eigenvalue weighted by Gasteiger charge is -2.07. The van der Waals surface area contributed by atoms with Gasteiger partial charge >= 0.3 is 5.97 Å². The predicted molar refractivity (Wildman–Crippen MR) is 49.6 cm³/mol. The molecular formula is C10H10F3NO2. The van der Waals surface area contributed by atoms with Gasteiger partial charge in [0.1, 0.15) is 5.69 Å². The molecule has 0 saturated carbocycles. The highest BCUT2D eigenvalue weighted by atomic mass is 19.3. The summed E-state index contributed by atoms with van der Waals surface area (Å²) in [5.74, 6) is -1.69. The van der Waals surface area contributed by atoms with Crippen LogP contribution in [0, 0.1) is 12.7 Å². The standard InChI is InChI=1S/C10H10F3NO2/c1-5-6(4-8(15)16-2)3-7(11)9(14-5)10(12)13/h3,10H,4H2,1-2H3. The number of hydrogen-bond acceptors (Lipinski definition) is 3. The van der Waals surface area contributed by atoms with Crippen LogP contribution < -0.4 is 0 Å². The van der Waals surface area contributed by atoms with Gasteiger partial charge in [-0.3, -0.25) is 4.79 Å². The summed E-state index contributed by atoms with van der Waals surface area (Å²) in [4.78, 5) is 14.4. The lowest BCUT2D eigenvalue weighted by molar-refractivity contribution is -0.139. The molecule has 0 saturated heterocycles. The van der Waals surface area contributed by atoms with E-state index in [1.165, 1.54) is 14.0 Å². The van der Waals surface area contributed by atoms with E-state index in [1.807, 2.05) is 0 Å². The molecule has 0 aliphatic heterocycles. The molecule has 1 aromatic heterocycles. The van der Waals surface area contributed by atoms with E-state index < -0.39 is 23.9 Å². The first-order valence-corrected chi connectivity index (χ1v) is 4.46. The van der Waals surface area contributed by atoms with E-state index >= 15 is 0 Å². The molecule has 0 bridgehead atoms. The summed E-state index contributed by atoms with van der Waals surface area (Å²) in [7, 11) is 1.19. The number of aromatic nitrogens is 1. The number of rotatable bonds is 3. The summed E-state index contributed by atoms with van der Waals surface area (Å²) in [6, 6.07) is 0.890. The minimum Gasteiger partial charge on any atom is -0.469 e. The van der Waals surface area contributed by atoms with Crippen molar-refractivity contribution in [1.82, 2.24) is 4.98 Å². The number of esters is 1. The maximum absolute atomic E-state index is 13.1. The van der Waals surface area contributed by atoms with Crippen LogP contribution in [0.2, 0.25) is 0 Å². The molecule has 3 nitrogen and oxygen atoms in total. The lowest BCUT2D eigenvalue weighted by atomic mass is 10.1. The maximum Gasteiger partial charge on any atom is 0.310 e. The number of halogens is 3. The molecule has 0 fully saturated rings. The number of carbonyl (C=O) groups excluding carboxylic acids is 1. The van der Waals surface area contributed by atoms with Gasteiger partial charge in [-0.15, -0.1) is 0 Å². The highest BCUT2D eigenvalue weighted by molar-refractivity contribution is 5.72. The van der Waals surface area contributed by atoms with E-state index in [9.17, 15) is 18.0 Å². The summed E-state index contributed by atoms with van der Waals surface area (Å²) in [6.45, 7) is 1.43. The van der Waals surface area contributed by atoms with Gasteiger partial charge in [-0.2, -0.15) is 0 Å². The van der Waals surface area contributed by atoms with Crippen molar-refractivity contribution in [3.8, 4) is 0 Å². The molecule has 1 aromatic rings. The van der Waals surface area contributed by atoms with Crippen molar-refractivity contribution in [2.24, 2.45) is 0 Å². The number of aryl methyl sites for hydroxylation is 1. The fourth-order valence-corrected chi connectivity index (χ4v) is 1.20. The highest BCUT2D eigenvalue weighted by Gasteiger charge is 2.18. The lowest BCUT2D eigenvalue weighted by Crippen LogP contribution is -2.09. The van der Waals surface area contributed by atoms with E-state index in [4.69, 9.17) is 0 Å². The molecule has 0 aliphatic carbocycles. The third-order valence-corrected chi connectivity index (χ3v) is 2.07. The van der Waals surface area contributed by atoms with Crippen LogP contribution in [0.5, 0.6) is 0 Å². The van der Waals surface area contributed by atoms with Crippen LogP contribution in [0.4, 0.5) is 13.2 Å². The second-order valence-electron chi connectivity index (χ2n) is 3.15. The van der Waals surface area contributed by atoms with Crippen molar-refractivity contribution in [1.29, 1.82) is 0 Å². The Morgan fingerprint density at radius 3 is 2.69 bits per heavy atom. The van der Waals surface area contributed by atoms with Gasteiger partial charge in [0.25, 0.3) is 6.43 Å². The molecule has 0 aromatic carbocycles. The molecule has 1 heterocycles. The Balaban J connectivity index is 3.05. The molecular weight excluding hydrogens is 223 g/mol. The Kier molecular flexibility index (Phi) is 3.87. The van der Waals surface area contributed by atoms with Crippen molar-refractivity contribution >= 4 is 5.97 Å². The van der Waals surface area contributed by atoms with Crippen molar-refractivity contribution in [2.75, 3.05) is 7.11 Å². The molecule has 0 unspecified atom stereocenters. The van der Waals surface area contributed by atoms with Crippen LogP contribution >= 0.6 is 0 Å². The topological polar surface area (TPSA) is 39.2 Å². The smallest absolute Gasteiger partial charge is 0.310 e. The van der Waals surface area contributed by atoms with E-state index in [2.05, 4.69) is 9.72 Å². The molecule has 0 atom stereocenters. The number of methoxy groups -OCH3 is 1. The average Bonchev–Trinajstić information content (AvgIpc) is 2.22. The van der Waals surface area contributed by atoms with Crippen molar-refractivity contribution in [3.63, 3.8) is 0 Å². The molecule has 16 heavy (non-hydrogen) atoms. The molecule has 0 N–H and O–H groups in total. The first-order valence-electron chi connectivity index (χ1n) is 4.46. The number of pyridine rings is 1. The van der Waals surface area contributed by atoms with Crippen LogP contribution in [0.3, 0.4) is 0 Å². The first-order chi connectivity index (χ1) is 7.45. The van der Waals surface area contributed by atoms with Crippen molar-refractivity contribution in [3.05, 3.63) is 28.8 Å². The van der Waals surface area contributed by atoms with E-state index in [0.29, 0.717) is 0 Å². The molecule has 6 heteroatoms. The van der Waals surface area contributed by atoms with Gasteiger partial charge in [-0.1, -0.05) is 0 Å². The average molecular weight is 233 g/mol. The normalized spacial score (nSPS) is 10.6. The van der Waals surface area contributed by atoms with Gasteiger partial charge in [0.15, 0.2) is 5.82 Å². The van der Waals surface area contributed by atoms with E-state index in [0.717, 1.165) is 6.07 Å². The zero-order valence-electron chi connectivity index (χ0n) is 8.76. The van der Waals surface area contributed by atoms with E-state index in [1.54, 1.807) is 0 Å². The van der Waals surface area contributed by atoms with Gasteiger partial charge in [0.2, 0.25) is 0 Å². The van der Waals surface area contributed by atoms with Crippen molar-refractivity contribution in [2.45, 2.75) is 19.8 Å². The Morgan fingerprint density at radius 2 is 2.19 bits per heavy atom. The fourth-order valence-electron chi connectivity index (χ4n) is 1.20. The minimum absolute atomic E-state index is 0.185. The van der Waals surface area contributed by atoms with Gasteiger partial charge in [0, 0.05) is 5.69 Å². The quantitative estimate of drug-likeness (QED) is 0.751.